The molecule has 1 aromatic carbocycles. The van der Waals surface area contributed by atoms with Crippen LogP contribution in [0, 0.1) is 0 Å². The van der Waals surface area contributed by atoms with Crippen LogP contribution in [0.5, 0.6) is 0 Å². The molecule has 1 aromatic rings. The van der Waals surface area contributed by atoms with Crippen molar-refractivity contribution in [3.8, 4) is 0 Å². The highest BCUT2D eigenvalue weighted by atomic mass is 16.2. The lowest BCUT2D eigenvalue weighted by atomic mass is 9.99. The SMILES string of the molecule is CC(C)NC(=O)CCC(=O)c1ccc(C(C)C)cc1. The van der Waals surface area contributed by atoms with Crippen molar-refractivity contribution >= 4 is 11.7 Å². The van der Waals surface area contributed by atoms with E-state index in [1.54, 1.807) is 0 Å². The van der Waals surface area contributed by atoms with Gasteiger partial charge in [0.2, 0.25) is 5.91 Å². The summed E-state index contributed by atoms with van der Waals surface area (Å²) < 4.78 is 0. The van der Waals surface area contributed by atoms with Crippen LogP contribution in [-0.2, 0) is 4.79 Å². The maximum Gasteiger partial charge on any atom is 0.220 e. The number of carbonyl (C=O) groups is 2. The van der Waals surface area contributed by atoms with E-state index in [1.165, 1.54) is 5.56 Å². The summed E-state index contributed by atoms with van der Waals surface area (Å²) in [5.74, 6) is 0.414. The quantitative estimate of drug-likeness (QED) is 0.799. The Hall–Kier alpha value is -1.64. The van der Waals surface area contributed by atoms with Crippen LogP contribution in [0.25, 0.3) is 0 Å². The van der Waals surface area contributed by atoms with Gasteiger partial charge < -0.3 is 5.32 Å². The lowest BCUT2D eigenvalue weighted by Crippen LogP contribution is -2.30. The molecule has 0 bridgehead atoms. The third-order valence-electron chi connectivity index (χ3n) is 2.93. The molecule has 0 fully saturated rings. The molecule has 0 aliphatic carbocycles. The molecule has 19 heavy (non-hydrogen) atoms. The number of Topliss-reactive ketones (excluding diaryl/α,β-unsaturated/α-hetero) is 1. The molecule has 1 N–H and O–H groups in total. The lowest BCUT2D eigenvalue weighted by molar-refractivity contribution is -0.121. The van der Waals surface area contributed by atoms with Crippen molar-refractivity contribution in [2.75, 3.05) is 0 Å². The molecular weight excluding hydrogens is 238 g/mol. The Morgan fingerprint density at radius 2 is 1.58 bits per heavy atom. The van der Waals surface area contributed by atoms with E-state index >= 15 is 0 Å². The highest BCUT2D eigenvalue weighted by molar-refractivity contribution is 5.97. The average molecular weight is 261 g/mol. The van der Waals surface area contributed by atoms with Gasteiger partial charge >= 0.3 is 0 Å². The normalized spacial score (nSPS) is 10.8. The summed E-state index contributed by atoms with van der Waals surface area (Å²) in [5.41, 5.74) is 1.90. The Bertz CT molecular complexity index is 433. The molecule has 0 unspecified atom stereocenters. The van der Waals surface area contributed by atoms with Crippen molar-refractivity contribution in [1.82, 2.24) is 5.32 Å². The fourth-order valence-corrected chi connectivity index (χ4v) is 1.82. The molecule has 0 aromatic heterocycles. The van der Waals surface area contributed by atoms with Gasteiger partial charge in [-0.2, -0.15) is 0 Å². The van der Waals surface area contributed by atoms with E-state index in [-0.39, 0.29) is 30.6 Å². The van der Waals surface area contributed by atoms with Crippen molar-refractivity contribution in [2.24, 2.45) is 0 Å². The van der Waals surface area contributed by atoms with Gasteiger partial charge in [0.15, 0.2) is 5.78 Å². The van der Waals surface area contributed by atoms with Crippen LogP contribution >= 0.6 is 0 Å². The van der Waals surface area contributed by atoms with Crippen LogP contribution in [0.3, 0.4) is 0 Å². The Labute approximate surface area is 115 Å². The van der Waals surface area contributed by atoms with Gasteiger partial charge in [-0.1, -0.05) is 38.1 Å². The van der Waals surface area contributed by atoms with Crippen LogP contribution in [-0.4, -0.2) is 17.7 Å². The Morgan fingerprint density at radius 1 is 1.00 bits per heavy atom. The molecule has 0 saturated carbocycles. The predicted molar refractivity (Wildman–Crippen MR) is 77.4 cm³/mol. The minimum absolute atomic E-state index is 0.0224. The zero-order valence-electron chi connectivity index (χ0n) is 12.2. The molecule has 3 nitrogen and oxygen atoms in total. The van der Waals surface area contributed by atoms with Gasteiger partial charge in [0, 0.05) is 24.4 Å². The number of amides is 1. The second kappa shape index (κ2) is 7.07. The fourth-order valence-electron chi connectivity index (χ4n) is 1.82. The van der Waals surface area contributed by atoms with Gasteiger partial charge in [0.05, 0.1) is 0 Å². The first kappa shape index (κ1) is 15.4. The summed E-state index contributed by atoms with van der Waals surface area (Å²) in [6, 6.07) is 7.77. The van der Waals surface area contributed by atoms with Gasteiger partial charge in [0.25, 0.3) is 0 Å². The van der Waals surface area contributed by atoms with Crippen molar-refractivity contribution < 1.29 is 9.59 Å². The molecule has 104 valence electrons. The van der Waals surface area contributed by atoms with Gasteiger partial charge in [-0.05, 0) is 25.3 Å². The summed E-state index contributed by atoms with van der Waals surface area (Å²) >= 11 is 0. The number of benzene rings is 1. The second-order valence-electron chi connectivity index (χ2n) is 5.42. The molecule has 0 aliphatic heterocycles. The van der Waals surface area contributed by atoms with E-state index in [9.17, 15) is 9.59 Å². The fraction of sp³-hybridized carbons (Fsp3) is 0.500. The number of hydrogen-bond donors (Lipinski definition) is 1. The minimum Gasteiger partial charge on any atom is -0.354 e. The van der Waals surface area contributed by atoms with Gasteiger partial charge in [0.1, 0.15) is 0 Å². The number of hydrogen-bond acceptors (Lipinski definition) is 2. The third-order valence-corrected chi connectivity index (χ3v) is 2.93. The molecule has 1 rings (SSSR count). The Balaban J connectivity index is 2.52. The first-order valence-electron chi connectivity index (χ1n) is 6.82. The number of nitrogens with one attached hydrogen (secondary N) is 1. The molecular formula is C16H23NO2. The van der Waals surface area contributed by atoms with E-state index in [0.29, 0.717) is 11.5 Å². The molecule has 0 radical (unpaired) electrons. The van der Waals surface area contributed by atoms with Crippen LogP contribution in [0.1, 0.15) is 62.4 Å². The average Bonchev–Trinajstić information content (AvgIpc) is 2.35. The summed E-state index contributed by atoms with van der Waals surface area (Å²) in [5, 5.41) is 2.78. The van der Waals surface area contributed by atoms with Crippen LogP contribution in [0.4, 0.5) is 0 Å². The summed E-state index contributed by atoms with van der Waals surface area (Å²) in [7, 11) is 0. The summed E-state index contributed by atoms with van der Waals surface area (Å²) in [6.07, 6.45) is 0.516. The van der Waals surface area contributed by atoms with E-state index in [0.717, 1.165) is 0 Å². The van der Waals surface area contributed by atoms with Crippen LogP contribution < -0.4 is 5.32 Å². The number of ketones is 1. The third kappa shape index (κ3) is 5.25. The molecule has 0 heterocycles. The number of carbonyl (C=O) groups excluding carboxylic acids is 2. The predicted octanol–water partition coefficient (Wildman–Crippen LogP) is 3.30. The molecule has 0 saturated heterocycles. The van der Waals surface area contributed by atoms with E-state index in [1.807, 2.05) is 38.1 Å². The summed E-state index contributed by atoms with van der Waals surface area (Å²) in [4.78, 5) is 23.4. The Morgan fingerprint density at radius 3 is 2.05 bits per heavy atom. The molecule has 3 heteroatoms. The zero-order valence-corrected chi connectivity index (χ0v) is 12.2. The maximum absolute atomic E-state index is 11.9. The van der Waals surface area contributed by atoms with Crippen LogP contribution in [0.2, 0.25) is 0 Å². The molecule has 0 aliphatic rings. The van der Waals surface area contributed by atoms with E-state index < -0.39 is 0 Å². The van der Waals surface area contributed by atoms with Crippen molar-refractivity contribution in [1.29, 1.82) is 0 Å². The highest BCUT2D eigenvalue weighted by Gasteiger charge is 2.10. The van der Waals surface area contributed by atoms with Gasteiger partial charge in [-0.25, -0.2) is 0 Å². The maximum atomic E-state index is 11.9. The first-order valence-corrected chi connectivity index (χ1v) is 6.82. The monoisotopic (exact) mass is 261 g/mol. The van der Waals surface area contributed by atoms with Gasteiger partial charge in [-0.3, -0.25) is 9.59 Å². The van der Waals surface area contributed by atoms with Gasteiger partial charge in [-0.15, -0.1) is 0 Å². The topological polar surface area (TPSA) is 46.2 Å². The van der Waals surface area contributed by atoms with Crippen LogP contribution in [0.15, 0.2) is 24.3 Å². The smallest absolute Gasteiger partial charge is 0.220 e. The number of rotatable bonds is 6. The molecule has 1 amide bonds. The summed E-state index contributed by atoms with van der Waals surface area (Å²) in [6.45, 7) is 8.05. The zero-order chi connectivity index (χ0) is 14.4. The molecule has 0 spiro atoms. The van der Waals surface area contributed by atoms with E-state index in [2.05, 4.69) is 19.2 Å². The van der Waals surface area contributed by atoms with Crippen molar-refractivity contribution in [3.63, 3.8) is 0 Å². The second-order valence-corrected chi connectivity index (χ2v) is 5.42. The first-order chi connectivity index (χ1) is 8.90. The lowest BCUT2D eigenvalue weighted by Gasteiger charge is -2.08. The van der Waals surface area contributed by atoms with Crippen molar-refractivity contribution in [3.05, 3.63) is 35.4 Å². The highest BCUT2D eigenvalue weighted by Crippen LogP contribution is 2.15. The van der Waals surface area contributed by atoms with E-state index in [4.69, 9.17) is 0 Å². The minimum atomic E-state index is -0.0675. The molecule has 0 atom stereocenters. The van der Waals surface area contributed by atoms with Crippen molar-refractivity contribution in [2.45, 2.75) is 52.5 Å². The largest absolute Gasteiger partial charge is 0.354 e. The standard InChI is InChI=1S/C16H23NO2/c1-11(2)13-5-7-14(8-6-13)15(18)9-10-16(19)17-12(3)4/h5-8,11-12H,9-10H2,1-4H3,(H,17,19). The Kier molecular flexibility index (Phi) is 5.74.